The second kappa shape index (κ2) is 8.15. The van der Waals surface area contributed by atoms with E-state index in [4.69, 9.17) is 27.6 Å². The van der Waals surface area contributed by atoms with Gasteiger partial charge in [-0.15, -0.1) is 0 Å². The predicted molar refractivity (Wildman–Crippen MR) is 118 cm³/mol. The maximum Gasteiger partial charge on any atom is 0.300 e. The molecule has 0 atom stereocenters. The summed E-state index contributed by atoms with van der Waals surface area (Å²) in [6, 6.07) is 18.5. The minimum Gasteiger partial charge on any atom is -0.423 e. The molecule has 0 fully saturated rings. The lowest BCUT2D eigenvalue weighted by molar-refractivity contribution is 0.102. The summed E-state index contributed by atoms with van der Waals surface area (Å²) < 4.78 is 5.74. The number of amides is 1. The fourth-order valence-corrected chi connectivity index (χ4v) is 3.14. The predicted octanol–water partition coefficient (Wildman–Crippen LogP) is 6.69. The first-order valence-corrected chi connectivity index (χ1v) is 9.80. The number of oxazole rings is 1. The minimum atomic E-state index is -0.291. The molecule has 1 aromatic heterocycles. The summed E-state index contributed by atoms with van der Waals surface area (Å²) in [5.74, 6) is -0.291. The highest BCUT2D eigenvalue weighted by atomic mass is 35.5. The van der Waals surface area contributed by atoms with Crippen LogP contribution in [0, 0.1) is 0 Å². The Morgan fingerprint density at radius 2 is 1.72 bits per heavy atom. The molecule has 4 rings (SSSR count). The molecule has 0 aliphatic rings. The van der Waals surface area contributed by atoms with E-state index >= 15 is 0 Å². The third kappa shape index (κ3) is 4.36. The van der Waals surface area contributed by atoms with Crippen molar-refractivity contribution in [2.45, 2.75) is 13.3 Å². The molecule has 4 aromatic rings. The van der Waals surface area contributed by atoms with Gasteiger partial charge in [-0.25, -0.2) is 0 Å². The van der Waals surface area contributed by atoms with Crippen molar-refractivity contribution in [3.05, 3.63) is 81.8 Å². The van der Waals surface area contributed by atoms with Crippen LogP contribution in [0.4, 0.5) is 17.4 Å². The Balaban J connectivity index is 1.51. The average molecular weight is 426 g/mol. The molecule has 146 valence electrons. The van der Waals surface area contributed by atoms with E-state index in [1.807, 2.05) is 12.1 Å². The van der Waals surface area contributed by atoms with Crippen LogP contribution in [-0.2, 0) is 6.42 Å². The molecule has 7 heteroatoms. The Labute approximate surface area is 177 Å². The van der Waals surface area contributed by atoms with Crippen molar-refractivity contribution in [1.82, 2.24) is 4.98 Å². The van der Waals surface area contributed by atoms with Crippen molar-refractivity contribution in [3.8, 4) is 0 Å². The van der Waals surface area contributed by atoms with Gasteiger partial charge in [0.2, 0.25) is 0 Å². The second-order valence-electron chi connectivity index (χ2n) is 6.46. The van der Waals surface area contributed by atoms with Gasteiger partial charge in [-0.05, 0) is 60.5 Å². The van der Waals surface area contributed by atoms with E-state index in [-0.39, 0.29) is 5.91 Å². The number of aryl methyl sites for hydroxylation is 1. The maximum atomic E-state index is 12.4. The van der Waals surface area contributed by atoms with Gasteiger partial charge in [0.05, 0.1) is 10.0 Å². The van der Waals surface area contributed by atoms with Gasteiger partial charge >= 0.3 is 0 Å². The van der Waals surface area contributed by atoms with Crippen molar-refractivity contribution in [3.63, 3.8) is 0 Å². The molecule has 1 heterocycles. The zero-order valence-corrected chi connectivity index (χ0v) is 17.0. The molecule has 0 bridgehead atoms. The number of carbonyl (C=O) groups excluding carboxylic acids is 1. The van der Waals surface area contributed by atoms with Crippen LogP contribution in [0.5, 0.6) is 0 Å². The number of hydrogen-bond acceptors (Lipinski definition) is 4. The summed E-state index contributed by atoms with van der Waals surface area (Å²) in [4.78, 5) is 16.9. The summed E-state index contributed by atoms with van der Waals surface area (Å²) >= 11 is 11.9. The van der Waals surface area contributed by atoms with E-state index in [0.717, 1.165) is 12.1 Å². The topological polar surface area (TPSA) is 67.2 Å². The van der Waals surface area contributed by atoms with Crippen LogP contribution < -0.4 is 10.6 Å². The van der Waals surface area contributed by atoms with Crippen LogP contribution in [0.3, 0.4) is 0 Å². The smallest absolute Gasteiger partial charge is 0.300 e. The van der Waals surface area contributed by atoms with E-state index in [9.17, 15) is 4.79 Å². The van der Waals surface area contributed by atoms with Crippen LogP contribution in [-0.4, -0.2) is 10.9 Å². The monoisotopic (exact) mass is 425 g/mol. The SMILES string of the molecule is CCc1ccc(Nc2nc3cc(NC(=O)c4ccc(Cl)c(Cl)c4)ccc3o2)cc1. The van der Waals surface area contributed by atoms with Crippen molar-refractivity contribution >= 4 is 57.6 Å². The van der Waals surface area contributed by atoms with Crippen LogP contribution in [0.15, 0.2) is 65.1 Å². The molecule has 0 spiro atoms. The van der Waals surface area contributed by atoms with E-state index in [2.05, 4.69) is 34.7 Å². The number of halogens is 2. The molecule has 2 N–H and O–H groups in total. The third-order valence-corrected chi connectivity index (χ3v) is 5.18. The molecular weight excluding hydrogens is 409 g/mol. The summed E-state index contributed by atoms with van der Waals surface area (Å²) in [5, 5.41) is 6.70. The average Bonchev–Trinajstić information content (AvgIpc) is 3.12. The molecule has 0 aliphatic carbocycles. The highest BCUT2D eigenvalue weighted by Crippen LogP contribution is 2.26. The molecular formula is C22H17Cl2N3O2. The van der Waals surface area contributed by atoms with E-state index in [1.165, 1.54) is 11.6 Å². The normalized spacial score (nSPS) is 10.9. The number of hydrogen-bond donors (Lipinski definition) is 2. The van der Waals surface area contributed by atoms with Gasteiger partial charge in [-0.1, -0.05) is 42.3 Å². The summed E-state index contributed by atoms with van der Waals surface area (Å²) in [5.41, 5.74) is 4.41. The second-order valence-corrected chi connectivity index (χ2v) is 7.27. The fourth-order valence-electron chi connectivity index (χ4n) is 2.85. The Kier molecular flexibility index (Phi) is 5.43. The Hall–Kier alpha value is -3.02. The zero-order chi connectivity index (χ0) is 20.4. The lowest BCUT2D eigenvalue weighted by atomic mass is 10.1. The summed E-state index contributed by atoms with van der Waals surface area (Å²) in [6.45, 7) is 2.11. The first-order valence-electron chi connectivity index (χ1n) is 9.05. The van der Waals surface area contributed by atoms with Gasteiger partial charge in [0.1, 0.15) is 5.52 Å². The van der Waals surface area contributed by atoms with E-state index in [0.29, 0.717) is 38.4 Å². The molecule has 0 aliphatic heterocycles. The number of anilines is 3. The van der Waals surface area contributed by atoms with E-state index < -0.39 is 0 Å². The van der Waals surface area contributed by atoms with Crippen molar-refractivity contribution in [2.75, 3.05) is 10.6 Å². The highest BCUT2D eigenvalue weighted by molar-refractivity contribution is 6.42. The van der Waals surface area contributed by atoms with Crippen LogP contribution in [0.1, 0.15) is 22.8 Å². The van der Waals surface area contributed by atoms with Gasteiger partial charge in [-0.2, -0.15) is 4.98 Å². The number of nitrogens with zero attached hydrogens (tertiary/aromatic N) is 1. The lowest BCUT2D eigenvalue weighted by Crippen LogP contribution is -2.11. The van der Waals surface area contributed by atoms with Crippen LogP contribution in [0.2, 0.25) is 10.0 Å². The molecule has 1 amide bonds. The molecule has 5 nitrogen and oxygen atoms in total. The molecule has 29 heavy (non-hydrogen) atoms. The molecule has 3 aromatic carbocycles. The lowest BCUT2D eigenvalue weighted by Gasteiger charge is -2.06. The number of carbonyl (C=O) groups is 1. The van der Waals surface area contributed by atoms with E-state index in [1.54, 1.807) is 30.3 Å². The van der Waals surface area contributed by atoms with Gasteiger partial charge < -0.3 is 15.1 Å². The number of nitrogens with one attached hydrogen (secondary N) is 2. The number of rotatable bonds is 5. The molecule has 0 saturated carbocycles. The molecule has 0 radical (unpaired) electrons. The maximum absolute atomic E-state index is 12.4. The van der Waals surface area contributed by atoms with Crippen molar-refractivity contribution < 1.29 is 9.21 Å². The highest BCUT2D eigenvalue weighted by Gasteiger charge is 2.11. The zero-order valence-electron chi connectivity index (χ0n) is 15.5. The minimum absolute atomic E-state index is 0.291. The number of fused-ring (bicyclic) bond motifs is 1. The Morgan fingerprint density at radius 1 is 0.966 bits per heavy atom. The van der Waals surface area contributed by atoms with Gasteiger partial charge in [0.25, 0.3) is 11.9 Å². The standard InChI is InChI=1S/C22H17Cl2N3O2/c1-2-13-3-6-15(7-4-13)26-22-27-19-12-16(8-10-20(19)29-22)25-21(28)14-5-9-17(23)18(24)11-14/h3-12H,2H2,1H3,(H,25,28)(H,26,27). The Morgan fingerprint density at radius 3 is 2.45 bits per heavy atom. The van der Waals surface area contributed by atoms with Crippen LogP contribution >= 0.6 is 23.2 Å². The van der Waals surface area contributed by atoms with Crippen molar-refractivity contribution in [1.29, 1.82) is 0 Å². The van der Waals surface area contributed by atoms with Gasteiger partial charge in [0, 0.05) is 16.9 Å². The first kappa shape index (κ1) is 19.3. The molecule has 0 saturated heterocycles. The number of benzene rings is 3. The van der Waals surface area contributed by atoms with Gasteiger partial charge in [-0.3, -0.25) is 4.79 Å². The molecule has 0 unspecified atom stereocenters. The fraction of sp³-hybridized carbons (Fsp3) is 0.0909. The third-order valence-electron chi connectivity index (χ3n) is 4.44. The van der Waals surface area contributed by atoms with Gasteiger partial charge in [0.15, 0.2) is 5.58 Å². The summed E-state index contributed by atoms with van der Waals surface area (Å²) in [6.07, 6.45) is 0.986. The first-order chi connectivity index (χ1) is 14.0. The quantitative estimate of drug-likeness (QED) is 0.373. The summed E-state index contributed by atoms with van der Waals surface area (Å²) in [7, 11) is 0. The van der Waals surface area contributed by atoms with Crippen LogP contribution in [0.25, 0.3) is 11.1 Å². The largest absolute Gasteiger partial charge is 0.423 e. The van der Waals surface area contributed by atoms with Crippen molar-refractivity contribution in [2.24, 2.45) is 0 Å². The Bertz CT molecular complexity index is 1190. The number of aromatic nitrogens is 1.